The van der Waals surface area contributed by atoms with Crippen LogP contribution in [0.15, 0.2) is 35.3 Å². The number of benzene rings is 1. The van der Waals surface area contributed by atoms with E-state index in [-0.39, 0.29) is 17.5 Å². The Morgan fingerprint density at radius 3 is 2.73 bits per heavy atom. The first-order valence-electron chi connectivity index (χ1n) is 12.1. The lowest BCUT2D eigenvalue weighted by atomic mass is 9.85. The highest BCUT2D eigenvalue weighted by molar-refractivity contribution is 5.91. The number of hydrogen-bond acceptors (Lipinski definition) is 5. The number of H-pyrrole nitrogens is 1. The Morgan fingerprint density at radius 1 is 1.15 bits per heavy atom. The molecule has 1 unspecified atom stereocenters. The standard InChI is InChI=1S/C26H32N6O/c1-16(2)17(3)31-14-19-8-9-21(12-20(19)15-31)29-25-24-23(10-11-28-26(24)33)32(30-25)22-7-5-4-6-18(22)13-27/h8-12,16-18,22H,4-7,14-15H2,1-3H3,(H,28,33)(H,29,30)/t17-,18?,22+/m1/s1. The number of aromatic nitrogens is 3. The third-order valence-electron chi connectivity index (χ3n) is 7.60. The second-order valence-electron chi connectivity index (χ2n) is 9.95. The van der Waals surface area contributed by atoms with Crippen LogP contribution in [0.2, 0.25) is 0 Å². The van der Waals surface area contributed by atoms with Crippen molar-refractivity contribution in [3.05, 3.63) is 51.9 Å². The van der Waals surface area contributed by atoms with Crippen molar-refractivity contribution in [2.24, 2.45) is 11.8 Å². The van der Waals surface area contributed by atoms with Crippen LogP contribution in [0.5, 0.6) is 0 Å². The molecule has 7 heteroatoms. The fourth-order valence-electron chi connectivity index (χ4n) is 5.34. The molecule has 1 saturated carbocycles. The largest absolute Gasteiger partial charge is 0.338 e. The topological polar surface area (TPSA) is 89.7 Å². The van der Waals surface area contributed by atoms with Crippen molar-refractivity contribution >= 4 is 22.4 Å². The van der Waals surface area contributed by atoms with Crippen LogP contribution in [0.1, 0.15) is 63.6 Å². The Bertz CT molecular complexity index is 1270. The Hall–Kier alpha value is -3.11. The van der Waals surface area contributed by atoms with Crippen molar-refractivity contribution in [1.82, 2.24) is 19.7 Å². The molecule has 0 amide bonds. The van der Waals surface area contributed by atoms with E-state index < -0.39 is 0 Å². The Morgan fingerprint density at radius 2 is 1.94 bits per heavy atom. The average molecular weight is 445 g/mol. The highest BCUT2D eigenvalue weighted by Gasteiger charge is 2.30. The summed E-state index contributed by atoms with van der Waals surface area (Å²) < 4.78 is 1.92. The predicted octanol–water partition coefficient (Wildman–Crippen LogP) is 5.08. The number of anilines is 2. The lowest BCUT2D eigenvalue weighted by molar-refractivity contribution is 0.170. The molecule has 2 aromatic heterocycles. The molecule has 0 bridgehead atoms. The number of nitrogens with one attached hydrogen (secondary N) is 2. The van der Waals surface area contributed by atoms with Crippen LogP contribution in [0.4, 0.5) is 11.5 Å². The lowest BCUT2D eigenvalue weighted by Crippen LogP contribution is -2.32. The van der Waals surface area contributed by atoms with Gasteiger partial charge in [0.05, 0.1) is 23.5 Å². The second-order valence-corrected chi connectivity index (χ2v) is 9.95. The minimum atomic E-state index is -0.163. The molecule has 1 fully saturated rings. The number of fused-ring (bicyclic) bond motifs is 2. The zero-order chi connectivity index (χ0) is 23.1. The van der Waals surface area contributed by atoms with Gasteiger partial charge in [0.2, 0.25) is 0 Å². The van der Waals surface area contributed by atoms with Gasteiger partial charge >= 0.3 is 0 Å². The van der Waals surface area contributed by atoms with Gasteiger partial charge in [0.1, 0.15) is 5.39 Å². The monoisotopic (exact) mass is 444 g/mol. The maximum absolute atomic E-state index is 12.8. The minimum Gasteiger partial charge on any atom is -0.338 e. The normalized spacial score (nSPS) is 21.8. The van der Waals surface area contributed by atoms with E-state index in [2.05, 4.69) is 60.2 Å². The molecular formula is C26H32N6O. The summed E-state index contributed by atoms with van der Waals surface area (Å²) in [6.45, 7) is 8.74. The molecule has 3 heterocycles. The fraction of sp³-hybridized carbons (Fsp3) is 0.500. The van der Waals surface area contributed by atoms with Crippen LogP contribution in [-0.4, -0.2) is 25.7 Å². The fourth-order valence-corrected chi connectivity index (χ4v) is 5.34. The summed E-state index contributed by atoms with van der Waals surface area (Å²) in [5, 5.41) is 18.5. The van der Waals surface area contributed by atoms with Crippen molar-refractivity contribution in [2.45, 2.75) is 71.6 Å². The molecule has 0 radical (unpaired) electrons. The summed E-state index contributed by atoms with van der Waals surface area (Å²) in [5.74, 6) is 1.08. The first kappa shape index (κ1) is 21.7. The van der Waals surface area contributed by atoms with E-state index in [4.69, 9.17) is 5.10 Å². The van der Waals surface area contributed by atoms with E-state index in [1.54, 1.807) is 6.20 Å². The smallest absolute Gasteiger partial charge is 0.261 e. The highest BCUT2D eigenvalue weighted by Crippen LogP contribution is 2.37. The molecule has 2 N–H and O–H groups in total. The third-order valence-corrected chi connectivity index (χ3v) is 7.60. The summed E-state index contributed by atoms with van der Waals surface area (Å²) in [4.78, 5) is 18.1. The maximum Gasteiger partial charge on any atom is 0.261 e. The van der Waals surface area contributed by atoms with Gasteiger partial charge in [-0.1, -0.05) is 32.8 Å². The maximum atomic E-state index is 12.8. The molecular weight excluding hydrogens is 412 g/mol. The zero-order valence-corrected chi connectivity index (χ0v) is 19.6. The molecule has 3 atom stereocenters. The number of pyridine rings is 1. The first-order valence-corrected chi connectivity index (χ1v) is 12.1. The van der Waals surface area contributed by atoms with Crippen LogP contribution >= 0.6 is 0 Å². The van der Waals surface area contributed by atoms with Gasteiger partial charge in [0.25, 0.3) is 5.56 Å². The Labute approximate surface area is 194 Å². The van der Waals surface area contributed by atoms with Gasteiger partial charge in [-0.3, -0.25) is 14.4 Å². The number of rotatable bonds is 5. The van der Waals surface area contributed by atoms with E-state index in [1.807, 2.05) is 10.7 Å². The van der Waals surface area contributed by atoms with Gasteiger partial charge in [-0.15, -0.1) is 0 Å². The molecule has 5 rings (SSSR count). The summed E-state index contributed by atoms with van der Waals surface area (Å²) >= 11 is 0. The van der Waals surface area contributed by atoms with Gasteiger partial charge in [0.15, 0.2) is 5.82 Å². The van der Waals surface area contributed by atoms with Crippen molar-refractivity contribution in [1.29, 1.82) is 5.26 Å². The second kappa shape index (κ2) is 8.68. The number of hydrogen-bond donors (Lipinski definition) is 2. The van der Waals surface area contributed by atoms with E-state index in [0.717, 1.165) is 50.0 Å². The van der Waals surface area contributed by atoms with Gasteiger partial charge in [-0.25, -0.2) is 0 Å². The number of nitrogens with zero attached hydrogens (tertiary/aromatic N) is 4. The molecule has 1 aromatic carbocycles. The quantitative estimate of drug-likeness (QED) is 0.573. The van der Waals surface area contributed by atoms with Gasteiger partial charge in [-0.05, 0) is 55.0 Å². The van der Waals surface area contributed by atoms with Gasteiger partial charge < -0.3 is 10.3 Å². The van der Waals surface area contributed by atoms with Crippen LogP contribution in [0.3, 0.4) is 0 Å². The van der Waals surface area contributed by atoms with Crippen LogP contribution in [0, 0.1) is 23.2 Å². The Balaban J connectivity index is 1.48. The number of aromatic amines is 1. The molecule has 172 valence electrons. The molecule has 3 aromatic rings. The van der Waals surface area contributed by atoms with Crippen LogP contribution in [-0.2, 0) is 13.1 Å². The Kier molecular flexibility index (Phi) is 5.71. The van der Waals surface area contributed by atoms with Crippen LogP contribution < -0.4 is 10.9 Å². The van der Waals surface area contributed by atoms with E-state index in [1.165, 1.54) is 11.1 Å². The van der Waals surface area contributed by atoms with Gasteiger partial charge in [-0.2, -0.15) is 10.4 Å². The first-order chi connectivity index (χ1) is 16.0. The zero-order valence-electron chi connectivity index (χ0n) is 19.6. The van der Waals surface area contributed by atoms with E-state index in [9.17, 15) is 10.1 Å². The molecule has 33 heavy (non-hydrogen) atoms. The summed E-state index contributed by atoms with van der Waals surface area (Å²) in [6.07, 6.45) is 5.60. The van der Waals surface area contributed by atoms with E-state index >= 15 is 0 Å². The minimum absolute atomic E-state index is 0.00491. The molecule has 0 spiro atoms. The van der Waals surface area contributed by atoms with E-state index in [0.29, 0.717) is 23.2 Å². The van der Waals surface area contributed by atoms with Gasteiger partial charge in [0, 0.05) is 31.0 Å². The summed E-state index contributed by atoms with van der Waals surface area (Å²) in [7, 11) is 0. The molecule has 1 aliphatic carbocycles. The molecule has 0 saturated heterocycles. The lowest BCUT2D eigenvalue weighted by Gasteiger charge is -2.27. The average Bonchev–Trinajstić information content (AvgIpc) is 3.40. The van der Waals surface area contributed by atoms with Crippen molar-refractivity contribution in [3.8, 4) is 6.07 Å². The van der Waals surface area contributed by atoms with Crippen molar-refractivity contribution in [3.63, 3.8) is 0 Å². The summed E-state index contributed by atoms with van der Waals surface area (Å²) in [5.41, 5.74) is 4.24. The summed E-state index contributed by atoms with van der Waals surface area (Å²) in [6, 6.07) is 11.3. The predicted molar refractivity (Wildman–Crippen MR) is 130 cm³/mol. The molecule has 1 aliphatic heterocycles. The van der Waals surface area contributed by atoms with Crippen molar-refractivity contribution in [2.75, 3.05) is 5.32 Å². The van der Waals surface area contributed by atoms with Crippen molar-refractivity contribution < 1.29 is 0 Å². The molecule has 2 aliphatic rings. The number of nitriles is 1. The SMILES string of the molecule is CC(C)[C@@H](C)N1Cc2ccc(Nc3nn([C@H]4CCCCC4C#N)c4cc[nH]c(=O)c34)cc2C1. The highest BCUT2D eigenvalue weighted by atomic mass is 16.1. The molecule has 7 nitrogen and oxygen atoms in total. The van der Waals surface area contributed by atoms with Crippen LogP contribution in [0.25, 0.3) is 10.9 Å². The third kappa shape index (κ3) is 3.93.